The lowest BCUT2D eigenvalue weighted by atomic mass is 10.1. The fraction of sp³-hybridized carbons (Fsp3) is 0.160. The molecule has 0 bridgehead atoms. The van der Waals surface area contributed by atoms with Crippen LogP contribution in [-0.4, -0.2) is 35.3 Å². The lowest BCUT2D eigenvalue weighted by Gasteiger charge is -2.09. The molecule has 5 rings (SSSR count). The Morgan fingerprint density at radius 1 is 0.812 bits per heavy atom. The molecule has 0 aliphatic heterocycles. The minimum absolute atomic E-state index is 0.637. The van der Waals surface area contributed by atoms with Crippen molar-refractivity contribution in [2.75, 3.05) is 20.3 Å². The highest BCUT2D eigenvalue weighted by Gasteiger charge is 2.16. The highest BCUT2D eigenvalue weighted by Crippen LogP contribution is 2.35. The second-order valence-electron chi connectivity index (χ2n) is 7.16. The van der Waals surface area contributed by atoms with E-state index < -0.39 is 0 Å². The Bertz CT molecular complexity index is 1300. The Labute approximate surface area is 194 Å². The van der Waals surface area contributed by atoms with Gasteiger partial charge < -0.3 is 9.47 Å². The zero-order valence-corrected chi connectivity index (χ0v) is 19.2. The van der Waals surface area contributed by atoms with E-state index in [2.05, 4.69) is 33.9 Å². The molecule has 0 saturated heterocycles. The van der Waals surface area contributed by atoms with Gasteiger partial charge >= 0.3 is 0 Å². The average Bonchev–Trinajstić information content (AvgIpc) is 3.56. The van der Waals surface area contributed by atoms with Gasteiger partial charge in [-0.3, -0.25) is 0 Å². The van der Waals surface area contributed by atoms with E-state index in [1.165, 1.54) is 0 Å². The monoisotopic (exact) mass is 459 g/mol. The van der Waals surface area contributed by atoms with E-state index in [9.17, 15) is 0 Å². The van der Waals surface area contributed by atoms with Crippen LogP contribution >= 0.6 is 22.7 Å². The van der Waals surface area contributed by atoms with Crippen molar-refractivity contribution in [3.05, 3.63) is 71.6 Å². The quantitative estimate of drug-likeness (QED) is 0.246. The zero-order valence-electron chi connectivity index (χ0n) is 17.5. The van der Waals surface area contributed by atoms with E-state index in [0.29, 0.717) is 18.9 Å². The fourth-order valence-corrected chi connectivity index (χ4v) is 4.84. The van der Waals surface area contributed by atoms with E-state index in [1.54, 1.807) is 29.8 Å². The Hall–Kier alpha value is -3.13. The third-order valence-corrected chi connectivity index (χ3v) is 6.73. The summed E-state index contributed by atoms with van der Waals surface area (Å²) in [4.78, 5) is 16.7. The summed E-state index contributed by atoms with van der Waals surface area (Å²) in [7, 11) is 1.70. The van der Waals surface area contributed by atoms with Gasteiger partial charge in [-0.15, -0.1) is 22.7 Å². The molecule has 4 aromatic heterocycles. The first-order chi connectivity index (χ1) is 15.8. The predicted molar refractivity (Wildman–Crippen MR) is 131 cm³/mol. The van der Waals surface area contributed by atoms with Crippen molar-refractivity contribution in [2.24, 2.45) is 0 Å². The lowest BCUT2D eigenvalue weighted by molar-refractivity contribution is 0.172. The van der Waals surface area contributed by atoms with Crippen LogP contribution < -0.4 is 4.74 Å². The molecule has 0 N–H and O–H groups in total. The molecule has 5 nitrogen and oxygen atoms in total. The molecule has 0 spiro atoms. The third-order valence-electron chi connectivity index (χ3n) is 4.98. The number of fused-ring (bicyclic) bond motifs is 1. The van der Waals surface area contributed by atoms with Crippen LogP contribution in [0.25, 0.3) is 43.4 Å². The minimum Gasteiger partial charge on any atom is -0.494 e. The summed E-state index contributed by atoms with van der Waals surface area (Å²) in [5, 5.41) is 4.12. The van der Waals surface area contributed by atoms with Gasteiger partial charge in [-0.1, -0.05) is 24.3 Å². The van der Waals surface area contributed by atoms with Crippen LogP contribution in [0.3, 0.4) is 0 Å². The van der Waals surface area contributed by atoms with Gasteiger partial charge in [-0.25, -0.2) is 15.0 Å². The van der Waals surface area contributed by atoms with E-state index in [0.717, 1.165) is 50.0 Å². The fourth-order valence-electron chi connectivity index (χ4n) is 3.41. The molecule has 7 heteroatoms. The molecule has 1 aromatic carbocycles. The van der Waals surface area contributed by atoms with Gasteiger partial charge in [0, 0.05) is 31.9 Å². The highest BCUT2D eigenvalue weighted by atomic mass is 32.1. The molecule has 5 aromatic rings. The number of thiophene rings is 2. The van der Waals surface area contributed by atoms with Gasteiger partial charge in [0.1, 0.15) is 22.7 Å². The third kappa shape index (κ3) is 4.41. The number of ether oxygens (including phenoxy) is 2. The van der Waals surface area contributed by atoms with Crippen LogP contribution in [0.4, 0.5) is 0 Å². The first-order valence-corrected chi connectivity index (χ1v) is 12.1. The Balaban J connectivity index is 1.48. The summed E-state index contributed by atoms with van der Waals surface area (Å²) in [5.74, 6) is 0.846. The maximum atomic E-state index is 5.76. The van der Waals surface area contributed by atoms with E-state index in [1.807, 2.05) is 42.6 Å². The molecule has 32 heavy (non-hydrogen) atoms. The van der Waals surface area contributed by atoms with Gasteiger partial charge in [0.25, 0.3) is 0 Å². The second-order valence-corrected chi connectivity index (χ2v) is 9.06. The smallest absolute Gasteiger partial charge is 0.178 e. The van der Waals surface area contributed by atoms with Crippen molar-refractivity contribution in [3.63, 3.8) is 0 Å². The van der Waals surface area contributed by atoms with Gasteiger partial charge in [-0.2, -0.15) is 0 Å². The molecular formula is C25H21N3O2S2. The Kier molecular flexibility index (Phi) is 6.20. The Morgan fingerprint density at radius 3 is 2.19 bits per heavy atom. The van der Waals surface area contributed by atoms with Crippen molar-refractivity contribution in [1.82, 2.24) is 15.0 Å². The highest BCUT2D eigenvalue weighted by molar-refractivity contribution is 7.14. The molecule has 0 atom stereocenters. The van der Waals surface area contributed by atoms with Crippen LogP contribution in [0.5, 0.6) is 5.75 Å². The van der Waals surface area contributed by atoms with Gasteiger partial charge in [0.05, 0.1) is 16.4 Å². The normalized spacial score (nSPS) is 11.2. The summed E-state index contributed by atoms with van der Waals surface area (Å²) >= 11 is 3.33. The molecule has 0 aliphatic carbocycles. The first kappa shape index (κ1) is 20.8. The van der Waals surface area contributed by atoms with Gasteiger partial charge in [0.2, 0.25) is 0 Å². The SMILES string of the molecule is COCCCOc1ccc(-c2cnc3nc(-c4cccs4)c(-c4cccs4)nc3c2)cc1. The number of methoxy groups -OCH3 is 1. The molecule has 4 heterocycles. The number of aromatic nitrogens is 3. The summed E-state index contributed by atoms with van der Waals surface area (Å²) < 4.78 is 10.8. The molecule has 160 valence electrons. The molecule has 0 aliphatic rings. The van der Waals surface area contributed by atoms with Crippen molar-refractivity contribution < 1.29 is 9.47 Å². The standard InChI is InChI=1S/C25H21N3O2S2/c1-29-11-4-12-30-19-9-7-17(8-10-19)18-15-20-25(26-16-18)28-24(22-6-3-14-32-22)23(27-20)21-5-2-13-31-21/h2-3,5-10,13-16H,4,11-12H2,1H3. The summed E-state index contributed by atoms with van der Waals surface area (Å²) in [6.45, 7) is 1.34. The van der Waals surface area contributed by atoms with Crippen molar-refractivity contribution in [3.8, 4) is 38.0 Å². The van der Waals surface area contributed by atoms with E-state index >= 15 is 0 Å². The average molecular weight is 460 g/mol. The van der Waals surface area contributed by atoms with Crippen LogP contribution in [0.1, 0.15) is 6.42 Å². The molecule has 0 fully saturated rings. The topological polar surface area (TPSA) is 57.1 Å². The predicted octanol–water partition coefficient (Wildman–Crippen LogP) is 6.56. The molecule has 0 amide bonds. The second kappa shape index (κ2) is 9.56. The molecule has 0 unspecified atom stereocenters. The number of pyridine rings is 1. The number of hydrogen-bond acceptors (Lipinski definition) is 7. The Morgan fingerprint density at radius 2 is 1.53 bits per heavy atom. The first-order valence-electron chi connectivity index (χ1n) is 10.3. The number of nitrogens with zero attached hydrogens (tertiary/aromatic N) is 3. The number of hydrogen-bond donors (Lipinski definition) is 0. The molecule has 0 radical (unpaired) electrons. The van der Waals surface area contributed by atoms with Crippen molar-refractivity contribution in [1.29, 1.82) is 0 Å². The van der Waals surface area contributed by atoms with Crippen LogP contribution in [0, 0.1) is 0 Å². The number of benzene rings is 1. The minimum atomic E-state index is 0.637. The lowest BCUT2D eigenvalue weighted by Crippen LogP contribution is -2.01. The largest absolute Gasteiger partial charge is 0.494 e. The van der Waals surface area contributed by atoms with Crippen molar-refractivity contribution in [2.45, 2.75) is 6.42 Å². The van der Waals surface area contributed by atoms with Gasteiger partial charge in [0.15, 0.2) is 5.65 Å². The van der Waals surface area contributed by atoms with Crippen LogP contribution in [-0.2, 0) is 4.74 Å². The maximum absolute atomic E-state index is 5.76. The van der Waals surface area contributed by atoms with Crippen LogP contribution in [0.15, 0.2) is 71.6 Å². The zero-order chi connectivity index (χ0) is 21.8. The molecular weight excluding hydrogens is 438 g/mol. The van der Waals surface area contributed by atoms with Crippen LogP contribution in [0.2, 0.25) is 0 Å². The molecule has 0 saturated carbocycles. The van der Waals surface area contributed by atoms with E-state index in [4.69, 9.17) is 19.4 Å². The number of rotatable bonds is 8. The van der Waals surface area contributed by atoms with E-state index in [-0.39, 0.29) is 0 Å². The maximum Gasteiger partial charge on any atom is 0.178 e. The summed E-state index contributed by atoms with van der Waals surface area (Å²) in [6.07, 6.45) is 2.72. The summed E-state index contributed by atoms with van der Waals surface area (Å²) in [5.41, 5.74) is 5.27. The van der Waals surface area contributed by atoms with Crippen molar-refractivity contribution >= 4 is 33.8 Å². The van der Waals surface area contributed by atoms with Gasteiger partial charge in [-0.05, 0) is 46.7 Å². The summed E-state index contributed by atoms with van der Waals surface area (Å²) in [6, 6.07) is 18.3.